The molecule has 0 saturated heterocycles. The number of ketones is 1. The molecule has 0 atom stereocenters. The monoisotopic (exact) mass is 231 g/mol. The highest BCUT2D eigenvalue weighted by Crippen LogP contribution is 2.10. The van der Waals surface area contributed by atoms with Crippen LogP contribution in [0.4, 0.5) is 5.69 Å². The fraction of sp³-hybridized carbons (Fsp3) is 0.167. The minimum Gasteiger partial charge on any atom is -0.303 e. The number of Topliss-reactive ketones (excluding diaryl/α,β-unsaturated/α-hetero) is 1. The number of nitro benzene ring substituents is 1. The predicted molar refractivity (Wildman–Crippen MR) is 60.5 cm³/mol. The van der Waals surface area contributed by atoms with Crippen LogP contribution >= 0.6 is 0 Å². The van der Waals surface area contributed by atoms with Gasteiger partial charge in [-0.25, -0.2) is 0 Å². The molecule has 0 fully saturated rings. The second-order valence-electron chi connectivity index (χ2n) is 3.76. The second-order valence-corrected chi connectivity index (χ2v) is 3.76. The molecule has 5 nitrogen and oxygen atoms in total. The van der Waals surface area contributed by atoms with Crippen molar-refractivity contribution in [1.29, 1.82) is 0 Å². The Morgan fingerprint density at radius 1 is 1.41 bits per heavy atom. The lowest BCUT2D eigenvalue weighted by Crippen LogP contribution is -2.34. The van der Waals surface area contributed by atoms with Gasteiger partial charge in [-0.05, 0) is 16.9 Å². The number of benzene rings is 1. The number of rotatable bonds is 3. The molecule has 1 aliphatic rings. The van der Waals surface area contributed by atoms with E-state index in [9.17, 15) is 19.7 Å². The lowest BCUT2D eigenvalue weighted by Gasteiger charge is -2.07. The third-order valence-electron chi connectivity index (χ3n) is 2.68. The van der Waals surface area contributed by atoms with E-state index in [4.69, 9.17) is 0 Å². The van der Waals surface area contributed by atoms with Crippen molar-refractivity contribution in [2.45, 2.75) is 12.8 Å². The Kier molecular flexibility index (Phi) is 2.82. The van der Waals surface area contributed by atoms with Gasteiger partial charge in [0.2, 0.25) is 0 Å². The van der Waals surface area contributed by atoms with Crippen LogP contribution in [0.5, 0.6) is 0 Å². The normalized spacial score (nSPS) is 13.9. The number of nitrogens with zero attached hydrogens (tertiary/aromatic N) is 1. The van der Waals surface area contributed by atoms with Crippen LogP contribution in [-0.4, -0.2) is 17.0 Å². The fourth-order valence-corrected chi connectivity index (χ4v) is 1.97. The van der Waals surface area contributed by atoms with Gasteiger partial charge < -0.3 is 4.79 Å². The van der Waals surface area contributed by atoms with Crippen molar-refractivity contribution >= 4 is 29.4 Å². The maximum atomic E-state index is 11.5. The third kappa shape index (κ3) is 1.99. The molecule has 0 amide bonds. The van der Waals surface area contributed by atoms with Gasteiger partial charge in [0, 0.05) is 18.9 Å². The Bertz CT molecular complexity index is 630. The van der Waals surface area contributed by atoms with Crippen molar-refractivity contribution in [1.82, 2.24) is 0 Å². The van der Waals surface area contributed by atoms with Crippen molar-refractivity contribution in [3.05, 3.63) is 38.8 Å². The molecule has 0 spiro atoms. The van der Waals surface area contributed by atoms with E-state index in [1.807, 2.05) is 0 Å². The summed E-state index contributed by atoms with van der Waals surface area (Å²) in [7, 11) is 0. The Morgan fingerprint density at radius 3 is 2.82 bits per heavy atom. The molecule has 0 radical (unpaired) electrons. The zero-order valence-corrected chi connectivity index (χ0v) is 8.88. The number of carbonyl (C=O) groups is 2. The van der Waals surface area contributed by atoms with E-state index in [0.29, 0.717) is 22.3 Å². The van der Waals surface area contributed by atoms with E-state index in [0.717, 1.165) is 0 Å². The highest BCUT2D eigenvalue weighted by atomic mass is 16.6. The van der Waals surface area contributed by atoms with Crippen molar-refractivity contribution < 1.29 is 14.5 Å². The van der Waals surface area contributed by atoms with E-state index in [2.05, 4.69) is 0 Å². The van der Waals surface area contributed by atoms with Crippen LogP contribution < -0.4 is 10.4 Å². The molecule has 17 heavy (non-hydrogen) atoms. The van der Waals surface area contributed by atoms with Crippen LogP contribution in [0.2, 0.25) is 0 Å². The largest absolute Gasteiger partial charge is 0.303 e. The molecule has 2 rings (SSSR count). The van der Waals surface area contributed by atoms with Crippen LogP contribution in [-0.2, 0) is 9.59 Å². The number of nitro groups is 1. The predicted octanol–water partition coefficient (Wildman–Crippen LogP) is 0.0878. The van der Waals surface area contributed by atoms with Gasteiger partial charge in [0.15, 0.2) is 5.78 Å². The molecule has 0 saturated carbocycles. The summed E-state index contributed by atoms with van der Waals surface area (Å²) in [4.78, 5) is 32.3. The lowest BCUT2D eigenvalue weighted by atomic mass is 9.96. The molecular weight excluding hydrogens is 222 g/mol. The number of hydrogen-bond acceptors (Lipinski definition) is 4. The summed E-state index contributed by atoms with van der Waals surface area (Å²) in [6.45, 7) is 0. The zero-order valence-electron chi connectivity index (χ0n) is 8.88. The Hall–Kier alpha value is -2.30. The highest BCUT2D eigenvalue weighted by molar-refractivity contribution is 6.11. The van der Waals surface area contributed by atoms with Gasteiger partial charge in [0.1, 0.15) is 6.29 Å². The molecule has 1 aromatic carbocycles. The highest BCUT2D eigenvalue weighted by Gasteiger charge is 2.16. The summed E-state index contributed by atoms with van der Waals surface area (Å²) in [6.07, 6.45) is 2.28. The van der Waals surface area contributed by atoms with Crippen molar-refractivity contribution in [2.24, 2.45) is 0 Å². The molecule has 0 heterocycles. The van der Waals surface area contributed by atoms with Gasteiger partial charge >= 0.3 is 0 Å². The number of carbonyl (C=O) groups excluding carboxylic acids is 2. The molecule has 0 bridgehead atoms. The molecular formula is C12H9NO4. The Morgan fingerprint density at radius 2 is 2.18 bits per heavy atom. The Balaban J connectivity index is 2.84. The average Bonchev–Trinajstić information content (AvgIpc) is 2.28. The molecule has 0 aliphatic heterocycles. The SMILES string of the molecule is O=CCC1=c2cccc([N+](=O)[O-])c2=CC(=O)C1. The standard InChI is InChI=1S/C12H9NO4/c14-5-4-8-6-9(15)7-11-10(8)2-1-3-12(11)13(16)17/h1-3,5,7H,4,6H2. The first-order chi connectivity index (χ1) is 8.13. The number of fused-ring (bicyclic) bond motifs is 1. The lowest BCUT2D eigenvalue weighted by molar-refractivity contribution is -0.386. The summed E-state index contributed by atoms with van der Waals surface area (Å²) in [5.74, 6) is -0.205. The first kappa shape index (κ1) is 11.2. The van der Waals surface area contributed by atoms with Crippen LogP contribution in [0.3, 0.4) is 0 Å². The minimum absolute atomic E-state index is 0.0982. The number of hydrogen-bond donors (Lipinski definition) is 0. The van der Waals surface area contributed by atoms with Gasteiger partial charge in [-0.3, -0.25) is 14.9 Å². The summed E-state index contributed by atoms with van der Waals surface area (Å²) in [5.41, 5.74) is 0.546. The minimum atomic E-state index is -0.521. The van der Waals surface area contributed by atoms with E-state index in [1.165, 1.54) is 12.1 Å². The van der Waals surface area contributed by atoms with Crippen molar-refractivity contribution in [3.63, 3.8) is 0 Å². The number of non-ortho nitro benzene ring substituents is 1. The molecule has 1 aromatic rings. The third-order valence-corrected chi connectivity index (χ3v) is 2.68. The summed E-state index contributed by atoms with van der Waals surface area (Å²) >= 11 is 0. The molecule has 0 aromatic heterocycles. The first-order valence-corrected chi connectivity index (χ1v) is 5.07. The average molecular weight is 231 g/mol. The van der Waals surface area contributed by atoms with Gasteiger partial charge in [-0.1, -0.05) is 12.1 Å². The maximum absolute atomic E-state index is 11.5. The van der Waals surface area contributed by atoms with Crippen LogP contribution in [0.1, 0.15) is 12.8 Å². The molecule has 86 valence electrons. The van der Waals surface area contributed by atoms with Crippen LogP contribution in [0, 0.1) is 10.1 Å². The van der Waals surface area contributed by atoms with Crippen LogP contribution in [0.15, 0.2) is 18.2 Å². The topological polar surface area (TPSA) is 77.3 Å². The first-order valence-electron chi connectivity index (χ1n) is 5.07. The quantitative estimate of drug-likeness (QED) is 0.419. The molecule has 0 unspecified atom stereocenters. The van der Waals surface area contributed by atoms with E-state index in [-0.39, 0.29) is 24.3 Å². The van der Waals surface area contributed by atoms with Crippen molar-refractivity contribution in [3.8, 4) is 0 Å². The van der Waals surface area contributed by atoms with E-state index in [1.54, 1.807) is 12.1 Å². The number of aldehydes is 1. The van der Waals surface area contributed by atoms with Gasteiger partial charge in [-0.15, -0.1) is 0 Å². The van der Waals surface area contributed by atoms with Gasteiger partial charge in [-0.2, -0.15) is 0 Å². The maximum Gasteiger partial charge on any atom is 0.277 e. The second kappa shape index (κ2) is 4.29. The molecule has 5 heteroatoms. The van der Waals surface area contributed by atoms with Gasteiger partial charge in [0.25, 0.3) is 5.69 Å². The van der Waals surface area contributed by atoms with Crippen LogP contribution in [0.25, 0.3) is 11.6 Å². The zero-order chi connectivity index (χ0) is 12.4. The summed E-state index contributed by atoms with van der Waals surface area (Å²) < 4.78 is 0. The molecule has 1 aliphatic carbocycles. The van der Waals surface area contributed by atoms with Gasteiger partial charge in [0.05, 0.1) is 10.1 Å². The molecule has 0 N–H and O–H groups in total. The summed E-state index contributed by atoms with van der Waals surface area (Å²) in [6, 6.07) is 4.61. The summed E-state index contributed by atoms with van der Waals surface area (Å²) in [5, 5.41) is 11.8. The van der Waals surface area contributed by atoms with Crippen molar-refractivity contribution in [2.75, 3.05) is 0 Å². The van der Waals surface area contributed by atoms with E-state index >= 15 is 0 Å². The fourth-order valence-electron chi connectivity index (χ4n) is 1.97. The smallest absolute Gasteiger partial charge is 0.277 e. The van der Waals surface area contributed by atoms with E-state index < -0.39 is 4.92 Å². The Labute approximate surface area is 96.2 Å².